The summed E-state index contributed by atoms with van der Waals surface area (Å²) in [5.74, 6) is 1.99. The summed E-state index contributed by atoms with van der Waals surface area (Å²) in [5.41, 5.74) is -0.577. The summed E-state index contributed by atoms with van der Waals surface area (Å²) in [4.78, 5) is 32.4. The van der Waals surface area contributed by atoms with Crippen LogP contribution in [0.5, 0.6) is 5.75 Å². The van der Waals surface area contributed by atoms with Crippen LogP contribution in [0.25, 0.3) is 0 Å². The van der Waals surface area contributed by atoms with Gasteiger partial charge >= 0.3 is 12.4 Å². The third-order valence-corrected chi connectivity index (χ3v) is 7.78. The summed E-state index contributed by atoms with van der Waals surface area (Å²) in [5, 5.41) is 9.52. The highest BCUT2D eigenvalue weighted by atomic mass is 32.2. The average molecular weight is 655 g/mol. The minimum absolute atomic E-state index is 0.0626. The van der Waals surface area contributed by atoms with Crippen molar-refractivity contribution in [1.29, 1.82) is 0 Å². The molecule has 1 aliphatic rings. The molecule has 2 N–H and O–H groups in total. The quantitative estimate of drug-likeness (QED) is 0.303. The van der Waals surface area contributed by atoms with E-state index in [1.807, 2.05) is 4.90 Å². The van der Waals surface area contributed by atoms with Crippen molar-refractivity contribution in [3.63, 3.8) is 0 Å². The fraction of sp³-hybridized carbons (Fsp3) is 0.276. The monoisotopic (exact) mass is 654 g/mol. The summed E-state index contributed by atoms with van der Waals surface area (Å²) in [6.07, 6.45) is -8.56. The molecule has 2 aromatic carbocycles. The predicted octanol–water partition coefficient (Wildman–Crippen LogP) is 4.18. The number of amides is 2. The van der Waals surface area contributed by atoms with Crippen LogP contribution in [0.15, 0.2) is 60.9 Å². The van der Waals surface area contributed by atoms with E-state index in [4.69, 9.17) is 0 Å². The summed E-state index contributed by atoms with van der Waals surface area (Å²) >= 11 is 0. The van der Waals surface area contributed by atoms with Gasteiger partial charge in [-0.05, 0) is 48.5 Å². The third kappa shape index (κ3) is 9.35. The first kappa shape index (κ1) is 33.1. The van der Waals surface area contributed by atoms with Crippen molar-refractivity contribution >= 4 is 27.5 Å². The summed E-state index contributed by atoms with van der Waals surface area (Å²) in [7, 11) is -4.51. The molecular formula is C29H24F6N4O5S. The second-order valence-corrected chi connectivity index (χ2v) is 11.8. The number of hydrogen-bond acceptors (Lipinski definition) is 7. The van der Waals surface area contributed by atoms with E-state index in [0.717, 1.165) is 12.1 Å². The molecule has 2 heterocycles. The van der Waals surface area contributed by atoms with E-state index in [2.05, 4.69) is 16.8 Å². The first-order valence-corrected chi connectivity index (χ1v) is 14.8. The SMILES string of the molecule is O=C(NS(=O)(=O)CCC(F)(F)F)c1ccc(N2CCN(C(=O)c3cc(C#Cc4cncc(O)c4)cc(C(F)(F)F)c3)CC2)cc1. The van der Waals surface area contributed by atoms with Crippen molar-refractivity contribution < 1.29 is 49.5 Å². The van der Waals surface area contributed by atoms with Gasteiger partial charge in [0.2, 0.25) is 10.0 Å². The Morgan fingerprint density at radius 1 is 0.867 bits per heavy atom. The number of sulfonamides is 1. The van der Waals surface area contributed by atoms with Crippen molar-refractivity contribution in [3.05, 3.63) is 88.7 Å². The number of nitrogens with zero attached hydrogens (tertiary/aromatic N) is 3. The number of pyridine rings is 1. The number of piperazine rings is 1. The van der Waals surface area contributed by atoms with Crippen LogP contribution in [-0.2, 0) is 16.2 Å². The number of carbonyl (C=O) groups excluding carboxylic acids is 2. The predicted molar refractivity (Wildman–Crippen MR) is 150 cm³/mol. The maximum Gasteiger partial charge on any atom is 0.416 e. The fourth-order valence-electron chi connectivity index (χ4n) is 4.30. The molecular weight excluding hydrogens is 630 g/mol. The molecule has 238 valence electrons. The Morgan fingerprint density at radius 3 is 2.11 bits per heavy atom. The molecule has 0 saturated carbocycles. The second-order valence-electron chi connectivity index (χ2n) is 9.92. The number of halogens is 6. The number of hydrogen-bond donors (Lipinski definition) is 2. The van der Waals surface area contributed by atoms with Crippen molar-refractivity contribution in [2.75, 3.05) is 36.8 Å². The first-order valence-electron chi connectivity index (χ1n) is 13.1. The molecule has 1 aromatic heterocycles. The lowest BCUT2D eigenvalue weighted by molar-refractivity contribution is -0.137. The second kappa shape index (κ2) is 13.1. The van der Waals surface area contributed by atoms with Gasteiger partial charge in [0.1, 0.15) is 5.75 Å². The van der Waals surface area contributed by atoms with E-state index in [1.165, 1.54) is 53.7 Å². The Balaban J connectivity index is 1.41. The van der Waals surface area contributed by atoms with Crippen LogP contribution in [0.1, 0.15) is 43.8 Å². The smallest absolute Gasteiger partial charge is 0.416 e. The van der Waals surface area contributed by atoms with E-state index in [-0.39, 0.29) is 54.2 Å². The normalized spacial score (nSPS) is 14.0. The molecule has 3 aromatic rings. The molecule has 0 radical (unpaired) electrons. The van der Waals surface area contributed by atoms with Gasteiger partial charge in [-0.1, -0.05) is 11.8 Å². The Morgan fingerprint density at radius 2 is 1.51 bits per heavy atom. The molecule has 4 rings (SSSR count). The van der Waals surface area contributed by atoms with E-state index >= 15 is 0 Å². The number of carbonyl (C=O) groups is 2. The zero-order valence-electron chi connectivity index (χ0n) is 23.1. The lowest BCUT2D eigenvalue weighted by Gasteiger charge is -2.36. The molecule has 0 bridgehead atoms. The maximum absolute atomic E-state index is 13.6. The van der Waals surface area contributed by atoms with Crippen LogP contribution in [0.2, 0.25) is 0 Å². The largest absolute Gasteiger partial charge is 0.506 e. The van der Waals surface area contributed by atoms with Gasteiger partial charge in [0.15, 0.2) is 0 Å². The van der Waals surface area contributed by atoms with Crippen molar-refractivity contribution in [3.8, 4) is 17.6 Å². The van der Waals surface area contributed by atoms with E-state index in [0.29, 0.717) is 5.69 Å². The molecule has 0 aliphatic carbocycles. The van der Waals surface area contributed by atoms with Gasteiger partial charge in [0.05, 0.1) is 23.9 Å². The van der Waals surface area contributed by atoms with Crippen molar-refractivity contribution in [2.45, 2.75) is 18.8 Å². The molecule has 0 unspecified atom stereocenters. The van der Waals surface area contributed by atoms with Crippen molar-refractivity contribution in [2.24, 2.45) is 0 Å². The zero-order valence-corrected chi connectivity index (χ0v) is 23.9. The molecule has 9 nitrogen and oxygen atoms in total. The number of alkyl halides is 6. The number of benzene rings is 2. The minimum Gasteiger partial charge on any atom is -0.506 e. The molecule has 1 fully saturated rings. The highest BCUT2D eigenvalue weighted by Crippen LogP contribution is 2.31. The van der Waals surface area contributed by atoms with Crippen LogP contribution in [0.3, 0.4) is 0 Å². The molecule has 1 aliphatic heterocycles. The van der Waals surface area contributed by atoms with E-state index in [1.54, 1.807) is 4.72 Å². The Hall–Kier alpha value is -4.78. The van der Waals surface area contributed by atoms with Gasteiger partial charge in [-0.15, -0.1) is 0 Å². The lowest BCUT2D eigenvalue weighted by Crippen LogP contribution is -2.48. The van der Waals surface area contributed by atoms with E-state index in [9.17, 15) is 49.5 Å². The fourth-order valence-corrected chi connectivity index (χ4v) is 5.31. The Labute approximate surface area is 253 Å². The highest BCUT2D eigenvalue weighted by molar-refractivity contribution is 7.90. The lowest BCUT2D eigenvalue weighted by atomic mass is 10.0. The average Bonchev–Trinajstić information content (AvgIpc) is 2.98. The molecule has 16 heteroatoms. The van der Waals surface area contributed by atoms with Crippen LogP contribution in [-0.4, -0.2) is 73.3 Å². The summed E-state index contributed by atoms with van der Waals surface area (Å²) in [6.45, 7) is 0.841. The highest BCUT2D eigenvalue weighted by Gasteiger charge is 2.33. The standard InChI is InChI=1S/C29H24F6N4O5S/c30-28(31,32)7-12-45(43,44)37-26(41)21-3-5-24(6-4-21)38-8-10-39(11-9-38)27(42)22-13-19(14-23(16-22)29(33,34)35)1-2-20-15-25(40)18-36-17-20/h3-6,13-18,40H,7-12H2,(H,37,41). The number of aromatic hydroxyl groups is 1. The maximum atomic E-state index is 13.6. The topological polar surface area (TPSA) is 120 Å². The zero-order chi connectivity index (χ0) is 33.0. The summed E-state index contributed by atoms with van der Waals surface area (Å²) in [6, 6.07) is 9.68. The number of nitrogens with one attached hydrogen (secondary N) is 1. The first-order chi connectivity index (χ1) is 21.0. The Kier molecular flexibility index (Phi) is 9.62. The van der Waals surface area contributed by atoms with Crippen LogP contribution < -0.4 is 9.62 Å². The van der Waals surface area contributed by atoms with Crippen molar-refractivity contribution in [1.82, 2.24) is 14.6 Å². The van der Waals surface area contributed by atoms with Crippen LogP contribution >= 0.6 is 0 Å². The minimum atomic E-state index is -4.74. The third-order valence-electron chi connectivity index (χ3n) is 6.55. The van der Waals surface area contributed by atoms with Crippen LogP contribution in [0.4, 0.5) is 32.0 Å². The van der Waals surface area contributed by atoms with E-state index < -0.39 is 51.9 Å². The number of rotatable bonds is 6. The van der Waals surface area contributed by atoms with Gasteiger partial charge < -0.3 is 14.9 Å². The van der Waals surface area contributed by atoms with Gasteiger partial charge in [-0.3, -0.25) is 14.6 Å². The molecule has 1 saturated heterocycles. The van der Waals surface area contributed by atoms with Gasteiger partial charge in [-0.25, -0.2) is 13.1 Å². The number of aromatic nitrogens is 1. The molecule has 45 heavy (non-hydrogen) atoms. The summed E-state index contributed by atoms with van der Waals surface area (Å²) < 4.78 is 103. The molecule has 2 amide bonds. The molecule has 0 spiro atoms. The van der Waals surface area contributed by atoms with Gasteiger partial charge in [0, 0.05) is 60.3 Å². The van der Waals surface area contributed by atoms with Gasteiger partial charge in [0.25, 0.3) is 11.8 Å². The van der Waals surface area contributed by atoms with Crippen LogP contribution in [0, 0.1) is 11.8 Å². The molecule has 0 atom stereocenters. The van der Waals surface area contributed by atoms with Gasteiger partial charge in [-0.2, -0.15) is 26.3 Å². The number of anilines is 1. The Bertz CT molecular complexity index is 1740.